The largest absolute Gasteiger partial charge is 0.450 e. The fourth-order valence-corrected chi connectivity index (χ4v) is 2.78. The number of carbonyl (C=O) groups is 2. The number of nitrogens with zero attached hydrogens (tertiary/aromatic N) is 1. The van der Waals surface area contributed by atoms with Crippen molar-refractivity contribution < 1.29 is 14.3 Å². The molecule has 4 N–H and O–H groups in total. The van der Waals surface area contributed by atoms with Crippen molar-refractivity contribution in [3.63, 3.8) is 0 Å². The lowest BCUT2D eigenvalue weighted by Gasteiger charge is -2.16. The van der Waals surface area contributed by atoms with E-state index in [-0.39, 0.29) is 18.7 Å². The zero-order chi connectivity index (χ0) is 20.1. The lowest BCUT2D eigenvalue weighted by atomic mass is 10.1. The first-order chi connectivity index (χ1) is 13.5. The highest BCUT2D eigenvalue weighted by Gasteiger charge is 2.15. The van der Waals surface area contributed by atoms with Crippen molar-refractivity contribution in [1.29, 1.82) is 0 Å². The summed E-state index contributed by atoms with van der Waals surface area (Å²) in [5, 5.41) is 8.32. The van der Waals surface area contributed by atoms with Crippen molar-refractivity contribution in [3.8, 4) is 0 Å². The molecule has 0 radical (unpaired) electrons. The maximum atomic E-state index is 12.4. The van der Waals surface area contributed by atoms with Crippen molar-refractivity contribution in [1.82, 2.24) is 15.3 Å². The van der Waals surface area contributed by atoms with Crippen molar-refractivity contribution in [2.75, 3.05) is 17.2 Å². The Kier molecular flexibility index (Phi) is 5.78. The summed E-state index contributed by atoms with van der Waals surface area (Å²) < 4.78 is 4.89. The summed E-state index contributed by atoms with van der Waals surface area (Å²) in [6.45, 7) is 5.67. The van der Waals surface area contributed by atoms with Gasteiger partial charge in [0.25, 0.3) is 0 Å². The Morgan fingerprint density at radius 1 is 1.11 bits per heavy atom. The number of benzene rings is 2. The molecule has 0 bridgehead atoms. The minimum Gasteiger partial charge on any atom is -0.450 e. The molecule has 3 amide bonds. The van der Waals surface area contributed by atoms with Crippen LogP contribution in [0.25, 0.3) is 11.0 Å². The molecule has 0 aliphatic rings. The minimum atomic E-state index is -0.536. The van der Waals surface area contributed by atoms with Gasteiger partial charge in [-0.25, -0.2) is 14.6 Å². The van der Waals surface area contributed by atoms with E-state index < -0.39 is 6.09 Å². The Bertz CT molecular complexity index is 965. The first-order valence-electron chi connectivity index (χ1n) is 9.03. The molecule has 0 saturated carbocycles. The molecule has 3 rings (SSSR count). The van der Waals surface area contributed by atoms with Gasteiger partial charge in [-0.1, -0.05) is 18.2 Å². The van der Waals surface area contributed by atoms with Crippen LogP contribution in [-0.4, -0.2) is 28.7 Å². The van der Waals surface area contributed by atoms with E-state index >= 15 is 0 Å². The summed E-state index contributed by atoms with van der Waals surface area (Å²) in [6.07, 6.45) is -0.536. The average Bonchev–Trinajstić information content (AvgIpc) is 3.09. The number of nitrogens with one attached hydrogen (secondary N) is 4. The van der Waals surface area contributed by atoms with Crippen molar-refractivity contribution in [2.45, 2.75) is 26.8 Å². The highest BCUT2D eigenvalue weighted by Crippen LogP contribution is 2.24. The lowest BCUT2D eigenvalue weighted by Crippen LogP contribution is -2.32. The van der Waals surface area contributed by atoms with Gasteiger partial charge in [0.2, 0.25) is 0 Å². The number of aromatic nitrogens is 2. The SMILES string of the molecule is CCOC(=O)Nc1cccc(NC(=O)NC(C)c2nc3ccccc3[nH]2)c1C. The van der Waals surface area contributed by atoms with Crippen LogP contribution in [-0.2, 0) is 4.74 Å². The smallest absolute Gasteiger partial charge is 0.411 e. The maximum absolute atomic E-state index is 12.4. The summed E-state index contributed by atoms with van der Waals surface area (Å²) >= 11 is 0. The second-order valence-electron chi connectivity index (χ2n) is 6.28. The van der Waals surface area contributed by atoms with Gasteiger partial charge in [-0.3, -0.25) is 5.32 Å². The molecule has 0 saturated heterocycles. The lowest BCUT2D eigenvalue weighted by molar-refractivity contribution is 0.168. The maximum Gasteiger partial charge on any atom is 0.411 e. The van der Waals surface area contributed by atoms with Gasteiger partial charge in [0.05, 0.1) is 23.7 Å². The molecule has 1 atom stereocenters. The molecule has 1 unspecified atom stereocenters. The van der Waals surface area contributed by atoms with Gasteiger partial charge in [0, 0.05) is 11.4 Å². The van der Waals surface area contributed by atoms with Crippen LogP contribution < -0.4 is 16.0 Å². The van der Waals surface area contributed by atoms with Gasteiger partial charge < -0.3 is 20.4 Å². The van der Waals surface area contributed by atoms with Crippen LogP contribution in [0.3, 0.4) is 0 Å². The summed E-state index contributed by atoms with van der Waals surface area (Å²) in [7, 11) is 0. The van der Waals surface area contributed by atoms with E-state index in [1.807, 2.05) is 31.2 Å². The van der Waals surface area contributed by atoms with E-state index in [2.05, 4.69) is 25.9 Å². The van der Waals surface area contributed by atoms with Gasteiger partial charge in [0.1, 0.15) is 5.82 Å². The number of carbonyl (C=O) groups excluding carboxylic acids is 2. The van der Waals surface area contributed by atoms with E-state index in [0.29, 0.717) is 17.2 Å². The van der Waals surface area contributed by atoms with Crippen molar-refractivity contribution in [3.05, 3.63) is 53.9 Å². The minimum absolute atomic E-state index is 0.283. The quantitative estimate of drug-likeness (QED) is 0.528. The Balaban J connectivity index is 1.66. The fraction of sp³-hybridized carbons (Fsp3) is 0.250. The number of urea groups is 1. The second kappa shape index (κ2) is 8.43. The predicted octanol–water partition coefficient (Wildman–Crippen LogP) is 4.32. The number of amides is 3. The fourth-order valence-electron chi connectivity index (χ4n) is 2.78. The van der Waals surface area contributed by atoms with E-state index in [1.165, 1.54) is 0 Å². The normalized spacial score (nSPS) is 11.7. The highest BCUT2D eigenvalue weighted by atomic mass is 16.5. The number of anilines is 2. The Morgan fingerprint density at radius 2 is 1.82 bits per heavy atom. The molecular weight excluding hydrogens is 358 g/mol. The Morgan fingerprint density at radius 3 is 2.54 bits per heavy atom. The number of para-hydroxylation sites is 2. The number of aromatic amines is 1. The van der Waals surface area contributed by atoms with Gasteiger partial charge >= 0.3 is 12.1 Å². The number of ether oxygens (including phenoxy) is 1. The molecule has 3 aromatic rings. The van der Waals surface area contributed by atoms with E-state index in [1.54, 1.807) is 32.0 Å². The van der Waals surface area contributed by atoms with Crippen LogP contribution in [0.1, 0.15) is 31.3 Å². The third-order valence-corrected chi connectivity index (χ3v) is 4.26. The molecule has 0 fully saturated rings. The molecule has 8 heteroatoms. The van der Waals surface area contributed by atoms with E-state index in [0.717, 1.165) is 16.6 Å². The molecule has 146 valence electrons. The number of imidazole rings is 1. The molecule has 1 heterocycles. The van der Waals surface area contributed by atoms with Crippen LogP contribution in [0.5, 0.6) is 0 Å². The molecule has 0 aliphatic heterocycles. The molecule has 0 spiro atoms. The van der Waals surface area contributed by atoms with Crippen LogP contribution in [0.4, 0.5) is 21.0 Å². The number of H-pyrrole nitrogens is 1. The van der Waals surface area contributed by atoms with E-state index in [4.69, 9.17) is 4.74 Å². The van der Waals surface area contributed by atoms with Crippen molar-refractivity contribution >= 4 is 34.5 Å². The number of fused-ring (bicyclic) bond motifs is 1. The van der Waals surface area contributed by atoms with Crippen LogP contribution >= 0.6 is 0 Å². The third-order valence-electron chi connectivity index (χ3n) is 4.26. The zero-order valence-electron chi connectivity index (χ0n) is 16.0. The monoisotopic (exact) mass is 381 g/mol. The number of hydrogen-bond donors (Lipinski definition) is 4. The van der Waals surface area contributed by atoms with Gasteiger partial charge in [-0.05, 0) is 50.6 Å². The van der Waals surface area contributed by atoms with Gasteiger partial charge in [0.15, 0.2) is 0 Å². The first-order valence-corrected chi connectivity index (χ1v) is 9.03. The highest BCUT2D eigenvalue weighted by molar-refractivity contribution is 5.93. The Labute approximate surface area is 162 Å². The number of hydrogen-bond acceptors (Lipinski definition) is 4. The first kappa shape index (κ1) is 19.2. The summed E-state index contributed by atoms with van der Waals surface area (Å²) in [6, 6.07) is 12.2. The van der Waals surface area contributed by atoms with Crippen molar-refractivity contribution in [2.24, 2.45) is 0 Å². The van der Waals surface area contributed by atoms with E-state index in [9.17, 15) is 9.59 Å². The van der Waals surface area contributed by atoms with Crippen LogP contribution in [0.2, 0.25) is 0 Å². The van der Waals surface area contributed by atoms with Crippen LogP contribution in [0, 0.1) is 6.92 Å². The molecule has 2 aromatic carbocycles. The standard InChI is InChI=1S/C20H23N5O3/c1-4-28-20(27)25-15-11-7-10-14(12(15)2)24-19(26)21-13(3)18-22-16-8-5-6-9-17(16)23-18/h5-11,13H,4H2,1-3H3,(H,22,23)(H,25,27)(H2,21,24,26). The second-order valence-corrected chi connectivity index (χ2v) is 6.28. The molecule has 28 heavy (non-hydrogen) atoms. The number of rotatable bonds is 5. The topological polar surface area (TPSA) is 108 Å². The zero-order valence-corrected chi connectivity index (χ0v) is 16.0. The molecule has 1 aromatic heterocycles. The predicted molar refractivity (Wildman–Crippen MR) is 108 cm³/mol. The summed E-state index contributed by atoms with van der Waals surface area (Å²) in [5.41, 5.74) is 3.65. The summed E-state index contributed by atoms with van der Waals surface area (Å²) in [4.78, 5) is 31.8. The summed E-state index contributed by atoms with van der Waals surface area (Å²) in [5.74, 6) is 0.672. The van der Waals surface area contributed by atoms with Gasteiger partial charge in [-0.15, -0.1) is 0 Å². The van der Waals surface area contributed by atoms with Gasteiger partial charge in [-0.2, -0.15) is 0 Å². The average molecular weight is 381 g/mol. The molecule has 8 nitrogen and oxygen atoms in total. The molecular formula is C20H23N5O3. The third kappa shape index (κ3) is 4.40. The Hall–Kier alpha value is -3.55. The molecule has 0 aliphatic carbocycles. The van der Waals surface area contributed by atoms with Crippen LogP contribution in [0.15, 0.2) is 42.5 Å².